The molecule has 0 aliphatic heterocycles. The van der Waals surface area contributed by atoms with Gasteiger partial charge in [-0.1, -0.05) is 123 Å². The zero-order valence-corrected chi connectivity index (χ0v) is 18.5. The Labute approximate surface area is 165 Å². The van der Waals surface area contributed by atoms with E-state index >= 15 is 0 Å². The van der Waals surface area contributed by atoms with Crippen molar-refractivity contribution < 1.29 is 0 Å². The summed E-state index contributed by atoms with van der Waals surface area (Å²) in [7, 11) is 0. The van der Waals surface area contributed by atoms with E-state index in [2.05, 4.69) is 25.6 Å². The van der Waals surface area contributed by atoms with Gasteiger partial charge in [0.2, 0.25) is 0 Å². The Morgan fingerprint density at radius 2 is 0.800 bits per heavy atom. The Kier molecular flexibility index (Phi) is 29.2. The molecule has 0 aromatic heterocycles. The minimum absolute atomic E-state index is 0. The largest absolute Gasteiger partial charge is 0.344 e. The highest BCUT2D eigenvalue weighted by Gasteiger charge is 1.95. The fourth-order valence-electron chi connectivity index (χ4n) is 3.31. The van der Waals surface area contributed by atoms with Gasteiger partial charge in [-0.2, -0.15) is 11.8 Å². The molecular weight excluding hydrogens is 322 g/mol. The number of hydrogen-bond donors (Lipinski definition) is 1. The maximum Gasteiger partial charge on any atom is -0.00675 e. The highest BCUT2D eigenvalue weighted by molar-refractivity contribution is 7.99. The fourth-order valence-corrected chi connectivity index (χ4v) is 4.13. The summed E-state index contributed by atoms with van der Waals surface area (Å²) in [6.07, 6.45) is 27.5. The predicted molar refractivity (Wildman–Crippen MR) is 121 cm³/mol. The van der Waals surface area contributed by atoms with Crippen LogP contribution in [0, 0.1) is 6.92 Å². The van der Waals surface area contributed by atoms with Crippen molar-refractivity contribution in [3.63, 3.8) is 0 Å². The van der Waals surface area contributed by atoms with Crippen molar-refractivity contribution in [1.29, 1.82) is 0 Å². The molecule has 1 nitrogen and oxygen atoms in total. The second kappa shape index (κ2) is 26.5. The van der Waals surface area contributed by atoms with E-state index in [1.54, 1.807) is 0 Å². The molecule has 0 heterocycles. The van der Waals surface area contributed by atoms with Gasteiger partial charge >= 0.3 is 0 Å². The highest BCUT2D eigenvalue weighted by atomic mass is 32.2. The Hall–Kier alpha value is 0.310. The van der Waals surface area contributed by atoms with Crippen molar-refractivity contribution in [2.45, 2.75) is 129 Å². The zero-order valence-electron chi connectivity index (χ0n) is 17.7. The van der Waals surface area contributed by atoms with Crippen LogP contribution in [-0.2, 0) is 0 Å². The maximum absolute atomic E-state index is 3.88. The molecular formula is C23H50NS. The molecule has 2 heteroatoms. The third-order valence-corrected chi connectivity index (χ3v) is 6.09. The minimum Gasteiger partial charge on any atom is -0.344 e. The predicted octanol–water partition coefficient (Wildman–Crippen LogP) is 9.15. The first-order chi connectivity index (χ1) is 11.9. The lowest BCUT2D eigenvalue weighted by Crippen LogP contribution is -1.85. The minimum atomic E-state index is 0. The molecule has 0 atom stereocenters. The monoisotopic (exact) mass is 372 g/mol. The zero-order chi connectivity index (χ0) is 17.6. The molecule has 0 aromatic carbocycles. The van der Waals surface area contributed by atoms with Gasteiger partial charge in [0.15, 0.2) is 0 Å². The Balaban J connectivity index is 0. The second-order valence-corrected chi connectivity index (χ2v) is 8.70. The van der Waals surface area contributed by atoms with E-state index < -0.39 is 0 Å². The lowest BCUT2D eigenvalue weighted by molar-refractivity contribution is 0.527. The summed E-state index contributed by atoms with van der Waals surface area (Å²) in [4.78, 5) is 0. The fraction of sp³-hybridized carbons (Fsp3) is 0.957. The number of thioether (sulfide) groups is 1. The third kappa shape index (κ3) is 26.6. The van der Waals surface area contributed by atoms with Gasteiger partial charge in [0.05, 0.1) is 0 Å². The number of rotatable bonds is 21. The van der Waals surface area contributed by atoms with E-state index in [0.29, 0.717) is 0 Å². The van der Waals surface area contributed by atoms with Gasteiger partial charge in [-0.15, -0.1) is 0 Å². The van der Waals surface area contributed by atoms with Crippen LogP contribution in [0.4, 0.5) is 0 Å². The molecule has 0 aliphatic carbocycles. The van der Waals surface area contributed by atoms with Crippen molar-refractivity contribution in [2.24, 2.45) is 0 Å². The van der Waals surface area contributed by atoms with Gasteiger partial charge in [-0.25, -0.2) is 0 Å². The SMILES string of the molecule is N.[CH2]CCSCCCCCCCCCCCCCCCCCCCC. The average Bonchev–Trinajstić information content (AvgIpc) is 2.60. The first-order valence-corrected chi connectivity index (χ1v) is 12.4. The molecule has 0 aromatic rings. The van der Waals surface area contributed by atoms with Crippen molar-refractivity contribution >= 4 is 11.8 Å². The summed E-state index contributed by atoms with van der Waals surface area (Å²) >= 11 is 2.08. The van der Waals surface area contributed by atoms with Gasteiger partial charge < -0.3 is 6.15 Å². The van der Waals surface area contributed by atoms with Crippen molar-refractivity contribution in [3.05, 3.63) is 6.92 Å². The van der Waals surface area contributed by atoms with Gasteiger partial charge in [0.1, 0.15) is 0 Å². The Bertz CT molecular complexity index is 186. The van der Waals surface area contributed by atoms with Crippen LogP contribution in [0.2, 0.25) is 0 Å². The molecule has 153 valence electrons. The maximum atomic E-state index is 3.88. The van der Waals surface area contributed by atoms with E-state index in [4.69, 9.17) is 0 Å². The van der Waals surface area contributed by atoms with Crippen LogP contribution in [0.3, 0.4) is 0 Å². The van der Waals surface area contributed by atoms with Crippen molar-refractivity contribution in [2.75, 3.05) is 11.5 Å². The lowest BCUT2D eigenvalue weighted by atomic mass is 10.0. The first-order valence-electron chi connectivity index (χ1n) is 11.3. The standard InChI is InChI=1S/C23H47S.H3N/c1-3-5-6-7-8-9-10-11-12-13-14-15-16-17-18-19-20-21-23-24-22-4-2;/h2-23H2,1H3;1H3. The van der Waals surface area contributed by atoms with E-state index in [0.717, 1.165) is 6.42 Å². The van der Waals surface area contributed by atoms with Gasteiger partial charge in [0.25, 0.3) is 0 Å². The molecule has 0 aliphatic rings. The van der Waals surface area contributed by atoms with Crippen LogP contribution < -0.4 is 6.15 Å². The second-order valence-electron chi connectivity index (χ2n) is 7.48. The molecule has 0 amide bonds. The molecule has 3 N–H and O–H groups in total. The summed E-state index contributed by atoms with van der Waals surface area (Å²) < 4.78 is 0. The molecule has 0 rings (SSSR count). The van der Waals surface area contributed by atoms with Crippen LogP contribution in [0.15, 0.2) is 0 Å². The summed E-state index contributed by atoms with van der Waals surface area (Å²) in [6.45, 7) is 6.18. The van der Waals surface area contributed by atoms with Crippen molar-refractivity contribution in [3.8, 4) is 0 Å². The summed E-state index contributed by atoms with van der Waals surface area (Å²) in [5.41, 5.74) is 0. The summed E-state index contributed by atoms with van der Waals surface area (Å²) in [5.74, 6) is 2.60. The Morgan fingerprint density at radius 3 is 1.12 bits per heavy atom. The van der Waals surface area contributed by atoms with E-state index in [1.165, 1.54) is 127 Å². The van der Waals surface area contributed by atoms with Crippen LogP contribution in [0.1, 0.15) is 129 Å². The van der Waals surface area contributed by atoms with Crippen LogP contribution >= 0.6 is 11.8 Å². The average molecular weight is 373 g/mol. The number of unbranched alkanes of at least 4 members (excludes halogenated alkanes) is 17. The Morgan fingerprint density at radius 1 is 0.480 bits per heavy atom. The van der Waals surface area contributed by atoms with Gasteiger partial charge in [-0.05, 0) is 24.3 Å². The first kappa shape index (κ1) is 27.5. The molecule has 0 bridgehead atoms. The smallest absolute Gasteiger partial charge is 0.00675 e. The molecule has 0 saturated carbocycles. The van der Waals surface area contributed by atoms with E-state index in [9.17, 15) is 0 Å². The quantitative estimate of drug-likeness (QED) is 0.204. The molecule has 0 unspecified atom stereocenters. The molecule has 1 radical (unpaired) electrons. The van der Waals surface area contributed by atoms with Crippen LogP contribution in [-0.4, -0.2) is 11.5 Å². The number of hydrogen-bond acceptors (Lipinski definition) is 2. The van der Waals surface area contributed by atoms with Gasteiger partial charge in [0, 0.05) is 0 Å². The molecule has 25 heavy (non-hydrogen) atoms. The summed E-state index contributed by atoms with van der Waals surface area (Å²) in [5, 5.41) is 0. The van der Waals surface area contributed by atoms with Crippen LogP contribution in [0.5, 0.6) is 0 Å². The third-order valence-electron chi connectivity index (χ3n) is 4.93. The highest BCUT2D eigenvalue weighted by Crippen LogP contribution is 2.15. The molecule has 0 saturated heterocycles. The van der Waals surface area contributed by atoms with Crippen LogP contribution in [0.25, 0.3) is 0 Å². The van der Waals surface area contributed by atoms with Crippen molar-refractivity contribution in [1.82, 2.24) is 6.15 Å². The lowest BCUT2D eigenvalue weighted by Gasteiger charge is -2.04. The van der Waals surface area contributed by atoms with Gasteiger partial charge in [-0.3, -0.25) is 0 Å². The normalized spacial score (nSPS) is 10.8. The molecule has 0 spiro atoms. The summed E-state index contributed by atoms with van der Waals surface area (Å²) in [6, 6.07) is 0. The molecule has 0 fully saturated rings. The van der Waals surface area contributed by atoms with E-state index in [-0.39, 0.29) is 6.15 Å². The van der Waals surface area contributed by atoms with E-state index in [1.807, 2.05) is 0 Å². The topological polar surface area (TPSA) is 35.0 Å².